The Hall–Kier alpha value is -3.77. The van der Waals surface area contributed by atoms with Gasteiger partial charge in [0.2, 0.25) is 9.84 Å². The van der Waals surface area contributed by atoms with E-state index in [1.165, 1.54) is 0 Å². The fraction of sp³-hybridized carbons (Fsp3) is 0.0270. The molecule has 0 N–H and O–H groups in total. The zero-order chi connectivity index (χ0) is 28.4. The van der Waals surface area contributed by atoms with E-state index < -0.39 is 15.3 Å². The van der Waals surface area contributed by atoms with Gasteiger partial charge in [0.15, 0.2) is 0 Å². The molecule has 6 aromatic rings. The van der Waals surface area contributed by atoms with Crippen molar-refractivity contribution in [1.82, 2.24) is 0 Å². The minimum Gasteiger partial charge on any atom is -0.218 e. The predicted molar refractivity (Wildman–Crippen MR) is 174 cm³/mol. The summed E-state index contributed by atoms with van der Waals surface area (Å²) >= 11 is 7.61. The van der Waals surface area contributed by atoms with E-state index in [0.29, 0.717) is 9.79 Å². The molecule has 200 valence electrons. The maximum atomic E-state index is 14.3. The zero-order valence-corrected chi connectivity index (χ0v) is 26.0. The van der Waals surface area contributed by atoms with Gasteiger partial charge in [0, 0.05) is 25.6 Å². The normalized spacial score (nSPS) is 15.5. The van der Waals surface area contributed by atoms with Crippen LogP contribution in [0, 0.1) is 0 Å². The Morgan fingerprint density at radius 3 is 1.62 bits per heavy atom. The first-order valence-corrected chi connectivity index (χ1v) is 16.8. The van der Waals surface area contributed by atoms with Crippen LogP contribution in [0.15, 0.2) is 140 Å². The lowest BCUT2D eigenvalue weighted by Gasteiger charge is -2.35. The number of fused-ring (bicyclic) bond motifs is 16. The first-order chi connectivity index (χ1) is 20.4. The first-order valence-electron chi connectivity index (χ1n) is 13.7. The van der Waals surface area contributed by atoms with Gasteiger partial charge in [0.05, 0.1) is 15.2 Å². The number of benzene rings is 6. The highest BCUT2D eigenvalue weighted by Gasteiger charge is 2.52. The van der Waals surface area contributed by atoms with E-state index in [4.69, 9.17) is 0 Å². The van der Waals surface area contributed by atoms with Crippen LogP contribution >= 0.6 is 31.9 Å². The van der Waals surface area contributed by atoms with E-state index in [1.54, 1.807) is 6.07 Å². The van der Waals surface area contributed by atoms with Gasteiger partial charge in [-0.25, -0.2) is 8.42 Å². The second-order valence-corrected chi connectivity index (χ2v) is 14.8. The minimum atomic E-state index is -3.74. The SMILES string of the molecule is O=S1(=O)c2ccccc2-c2ccc3c(c21)-c1ccccc1C31c2cc(Br)ccc2-c2ccccc2-c2ccc(Br)cc21. The number of sulfone groups is 1. The molecule has 1 aliphatic heterocycles. The van der Waals surface area contributed by atoms with Crippen molar-refractivity contribution in [2.45, 2.75) is 15.2 Å². The van der Waals surface area contributed by atoms with Crippen molar-refractivity contribution in [3.8, 4) is 44.5 Å². The van der Waals surface area contributed by atoms with Crippen LogP contribution in [0.2, 0.25) is 0 Å². The molecule has 1 spiro atoms. The van der Waals surface area contributed by atoms with Crippen LogP contribution in [-0.2, 0) is 15.3 Å². The standard InChI is InChI=1S/C37H20Br2O2S/c38-21-13-15-25-23-7-1-2-8-24(23)26-16-14-22(39)20-33(26)37(32(25)19-21)30-11-5-3-10-29(30)35-31(37)18-17-28-27-9-4-6-12-34(27)42(40,41)36(28)35/h1-20H. The van der Waals surface area contributed by atoms with Gasteiger partial charge in [-0.15, -0.1) is 0 Å². The van der Waals surface area contributed by atoms with E-state index >= 15 is 0 Å². The molecular weight excluding hydrogens is 668 g/mol. The van der Waals surface area contributed by atoms with Gasteiger partial charge in [0.1, 0.15) is 0 Å². The summed E-state index contributed by atoms with van der Waals surface area (Å²) in [6, 6.07) is 41.6. The average molecular weight is 688 g/mol. The van der Waals surface area contributed by atoms with Crippen LogP contribution in [0.1, 0.15) is 22.3 Å². The van der Waals surface area contributed by atoms with Crippen molar-refractivity contribution in [2.24, 2.45) is 0 Å². The van der Waals surface area contributed by atoms with Crippen LogP contribution in [0.25, 0.3) is 44.5 Å². The van der Waals surface area contributed by atoms with E-state index in [1.807, 2.05) is 30.3 Å². The zero-order valence-electron chi connectivity index (χ0n) is 22.0. The fourth-order valence-corrected chi connectivity index (χ4v) is 10.3. The number of rotatable bonds is 0. The van der Waals surface area contributed by atoms with Crippen molar-refractivity contribution >= 4 is 41.7 Å². The number of hydrogen-bond acceptors (Lipinski definition) is 2. The number of halogens is 2. The summed E-state index contributed by atoms with van der Waals surface area (Å²) in [7, 11) is -3.74. The Labute approximate surface area is 260 Å². The van der Waals surface area contributed by atoms with Crippen molar-refractivity contribution < 1.29 is 8.42 Å². The molecule has 2 aliphatic carbocycles. The van der Waals surface area contributed by atoms with Gasteiger partial charge in [-0.3, -0.25) is 0 Å². The molecule has 0 atom stereocenters. The Morgan fingerprint density at radius 1 is 0.452 bits per heavy atom. The van der Waals surface area contributed by atoms with Gasteiger partial charge in [0.25, 0.3) is 0 Å². The van der Waals surface area contributed by atoms with Crippen molar-refractivity contribution in [3.63, 3.8) is 0 Å². The summed E-state index contributed by atoms with van der Waals surface area (Å²) < 4.78 is 30.6. The predicted octanol–water partition coefficient (Wildman–Crippen LogP) is 10.0. The molecule has 3 aliphatic rings. The Morgan fingerprint density at radius 2 is 0.976 bits per heavy atom. The fourth-order valence-electron chi connectivity index (χ4n) is 7.66. The van der Waals surface area contributed by atoms with Crippen LogP contribution < -0.4 is 0 Å². The first kappa shape index (κ1) is 24.8. The highest BCUT2D eigenvalue weighted by molar-refractivity contribution is 9.10. The molecule has 0 amide bonds. The summed E-state index contributed by atoms with van der Waals surface area (Å²) in [6.07, 6.45) is 0. The highest BCUT2D eigenvalue weighted by atomic mass is 79.9. The second kappa shape index (κ2) is 8.41. The van der Waals surface area contributed by atoms with Crippen molar-refractivity contribution in [3.05, 3.63) is 153 Å². The second-order valence-electron chi connectivity index (χ2n) is 11.1. The van der Waals surface area contributed by atoms with E-state index in [-0.39, 0.29) is 0 Å². The summed E-state index contributed by atoms with van der Waals surface area (Å²) in [5.41, 5.74) is 11.5. The summed E-state index contributed by atoms with van der Waals surface area (Å²) in [5.74, 6) is 0. The van der Waals surface area contributed by atoms with Gasteiger partial charge in [-0.2, -0.15) is 0 Å². The summed E-state index contributed by atoms with van der Waals surface area (Å²) in [5, 5.41) is 0. The molecule has 42 heavy (non-hydrogen) atoms. The average Bonchev–Trinajstić information content (AvgIpc) is 3.40. The molecule has 2 nitrogen and oxygen atoms in total. The maximum Gasteiger partial charge on any atom is 0.208 e. The monoisotopic (exact) mass is 686 g/mol. The molecule has 0 unspecified atom stereocenters. The Bertz CT molecular complexity index is 2230. The largest absolute Gasteiger partial charge is 0.218 e. The Kier molecular flexibility index (Phi) is 4.96. The maximum absolute atomic E-state index is 14.3. The van der Waals surface area contributed by atoms with Crippen LogP contribution in [-0.4, -0.2) is 8.42 Å². The lowest BCUT2D eigenvalue weighted by Crippen LogP contribution is -2.29. The topological polar surface area (TPSA) is 34.1 Å². The smallest absolute Gasteiger partial charge is 0.208 e. The third-order valence-corrected chi connectivity index (χ3v) is 12.1. The highest BCUT2D eigenvalue weighted by Crippen LogP contribution is 2.64. The summed E-state index contributed by atoms with van der Waals surface area (Å²) in [4.78, 5) is 0.798. The minimum absolute atomic E-state index is 0.381. The van der Waals surface area contributed by atoms with Gasteiger partial charge in [-0.05, 0) is 80.4 Å². The molecule has 6 aromatic carbocycles. The van der Waals surface area contributed by atoms with Gasteiger partial charge >= 0.3 is 0 Å². The lowest BCUT2D eigenvalue weighted by atomic mass is 9.66. The molecule has 0 radical (unpaired) electrons. The molecule has 5 heteroatoms. The van der Waals surface area contributed by atoms with Gasteiger partial charge < -0.3 is 0 Å². The lowest BCUT2D eigenvalue weighted by molar-refractivity contribution is 0.599. The summed E-state index contributed by atoms with van der Waals surface area (Å²) in [6.45, 7) is 0. The molecule has 0 bridgehead atoms. The van der Waals surface area contributed by atoms with E-state index in [2.05, 4.69) is 117 Å². The third-order valence-electron chi connectivity index (χ3n) is 9.18. The molecule has 0 fully saturated rings. The van der Waals surface area contributed by atoms with Crippen molar-refractivity contribution in [2.75, 3.05) is 0 Å². The molecule has 0 saturated carbocycles. The van der Waals surface area contributed by atoms with Crippen LogP contribution in [0.4, 0.5) is 0 Å². The molecule has 1 heterocycles. The van der Waals surface area contributed by atoms with Crippen LogP contribution in [0.3, 0.4) is 0 Å². The van der Waals surface area contributed by atoms with Crippen LogP contribution in [0.5, 0.6) is 0 Å². The van der Waals surface area contributed by atoms with Gasteiger partial charge in [-0.1, -0.05) is 123 Å². The molecule has 0 aromatic heterocycles. The molecular formula is C37H20Br2O2S. The van der Waals surface area contributed by atoms with E-state index in [9.17, 15) is 8.42 Å². The Balaban J connectivity index is 1.54. The number of hydrogen-bond donors (Lipinski definition) is 0. The van der Waals surface area contributed by atoms with E-state index in [0.717, 1.165) is 75.7 Å². The molecule has 0 saturated heterocycles. The quantitative estimate of drug-likeness (QED) is 0.159. The third kappa shape index (κ3) is 2.91. The van der Waals surface area contributed by atoms with Crippen molar-refractivity contribution in [1.29, 1.82) is 0 Å². The molecule has 9 rings (SSSR count).